The van der Waals surface area contributed by atoms with Crippen molar-refractivity contribution in [2.45, 2.75) is 26.0 Å². The second-order valence-electron chi connectivity index (χ2n) is 6.06. The first-order valence-corrected chi connectivity index (χ1v) is 9.36. The number of carbonyl (C=O) groups excluding carboxylic acids is 2. The van der Waals surface area contributed by atoms with Gasteiger partial charge in [-0.15, -0.1) is 11.8 Å². The number of aryl methyl sites for hydroxylation is 1. The van der Waals surface area contributed by atoms with E-state index in [9.17, 15) is 19.7 Å². The standard InChI is InChI=1S/C19H21N3O4S/c1-12-7-9-15(10-8-12)20-18(23)11-27-14(3)19(24)21-16-5-4-6-17(13(16)2)22(25)26/h4-10,14H,11H2,1-3H3,(H,20,23)(H,21,24). The average molecular weight is 387 g/mol. The molecule has 0 spiro atoms. The Balaban J connectivity index is 1.88. The Kier molecular flexibility index (Phi) is 6.95. The molecule has 142 valence electrons. The van der Waals surface area contributed by atoms with Gasteiger partial charge in [0.25, 0.3) is 5.69 Å². The van der Waals surface area contributed by atoms with Crippen molar-refractivity contribution in [2.75, 3.05) is 16.4 Å². The number of carbonyl (C=O) groups is 2. The molecule has 0 fully saturated rings. The van der Waals surface area contributed by atoms with Gasteiger partial charge in [-0.1, -0.05) is 23.8 Å². The molecule has 2 amide bonds. The van der Waals surface area contributed by atoms with E-state index in [1.807, 2.05) is 31.2 Å². The van der Waals surface area contributed by atoms with Crippen LogP contribution in [0, 0.1) is 24.0 Å². The van der Waals surface area contributed by atoms with Gasteiger partial charge >= 0.3 is 0 Å². The molecule has 2 rings (SSSR count). The van der Waals surface area contributed by atoms with E-state index in [2.05, 4.69) is 10.6 Å². The van der Waals surface area contributed by atoms with Gasteiger partial charge in [-0.05, 0) is 39.0 Å². The molecule has 8 heteroatoms. The lowest BCUT2D eigenvalue weighted by atomic mass is 10.1. The number of thioether (sulfide) groups is 1. The van der Waals surface area contributed by atoms with Crippen molar-refractivity contribution < 1.29 is 14.5 Å². The fourth-order valence-electron chi connectivity index (χ4n) is 2.30. The summed E-state index contributed by atoms with van der Waals surface area (Å²) in [7, 11) is 0. The van der Waals surface area contributed by atoms with Gasteiger partial charge in [-0.2, -0.15) is 0 Å². The number of amides is 2. The van der Waals surface area contributed by atoms with Crippen molar-refractivity contribution in [3.63, 3.8) is 0 Å². The molecule has 0 saturated heterocycles. The van der Waals surface area contributed by atoms with Gasteiger partial charge in [0.1, 0.15) is 0 Å². The Morgan fingerprint density at radius 1 is 1.11 bits per heavy atom. The highest BCUT2D eigenvalue weighted by Gasteiger charge is 2.19. The van der Waals surface area contributed by atoms with Crippen molar-refractivity contribution in [1.29, 1.82) is 0 Å². The van der Waals surface area contributed by atoms with Crippen molar-refractivity contribution >= 4 is 40.6 Å². The molecule has 7 nitrogen and oxygen atoms in total. The van der Waals surface area contributed by atoms with Gasteiger partial charge in [-0.25, -0.2) is 0 Å². The van der Waals surface area contributed by atoms with E-state index in [0.29, 0.717) is 16.9 Å². The predicted octanol–water partition coefficient (Wildman–Crippen LogP) is 3.91. The third-order valence-corrected chi connectivity index (χ3v) is 5.07. The summed E-state index contributed by atoms with van der Waals surface area (Å²) < 4.78 is 0. The highest BCUT2D eigenvalue weighted by atomic mass is 32.2. The molecule has 2 aromatic rings. The fourth-order valence-corrected chi connectivity index (χ4v) is 2.99. The number of nitrogens with one attached hydrogen (secondary N) is 2. The summed E-state index contributed by atoms with van der Waals surface area (Å²) >= 11 is 1.19. The van der Waals surface area contributed by atoms with Crippen LogP contribution in [0.4, 0.5) is 17.1 Å². The molecule has 0 aromatic heterocycles. The number of nitro groups is 1. The van der Waals surface area contributed by atoms with Gasteiger partial charge in [0.2, 0.25) is 11.8 Å². The van der Waals surface area contributed by atoms with Crippen molar-refractivity contribution in [3.8, 4) is 0 Å². The maximum absolute atomic E-state index is 12.3. The minimum Gasteiger partial charge on any atom is -0.325 e. The Hall–Kier alpha value is -2.87. The molecule has 0 radical (unpaired) electrons. The second-order valence-corrected chi connectivity index (χ2v) is 7.39. The van der Waals surface area contributed by atoms with Crippen LogP contribution in [-0.2, 0) is 9.59 Å². The van der Waals surface area contributed by atoms with Crippen LogP contribution in [0.1, 0.15) is 18.1 Å². The third kappa shape index (κ3) is 5.82. The normalized spacial score (nSPS) is 11.5. The zero-order chi connectivity index (χ0) is 20.0. The first kappa shape index (κ1) is 20.4. The SMILES string of the molecule is Cc1ccc(NC(=O)CSC(C)C(=O)Nc2cccc([N+](=O)[O-])c2C)cc1. The van der Waals surface area contributed by atoms with Crippen molar-refractivity contribution in [1.82, 2.24) is 0 Å². The molecule has 0 aliphatic rings. The molecule has 27 heavy (non-hydrogen) atoms. The van der Waals surface area contributed by atoms with E-state index < -0.39 is 10.2 Å². The molecule has 0 bridgehead atoms. The molecule has 0 heterocycles. The molecule has 2 N–H and O–H groups in total. The number of hydrogen-bond acceptors (Lipinski definition) is 5. The van der Waals surface area contributed by atoms with Gasteiger partial charge in [0.15, 0.2) is 0 Å². The number of benzene rings is 2. The topological polar surface area (TPSA) is 101 Å². The number of nitrogens with zero attached hydrogens (tertiary/aromatic N) is 1. The molecular formula is C19H21N3O4S. The quantitative estimate of drug-likeness (QED) is 0.554. The van der Waals surface area contributed by atoms with E-state index >= 15 is 0 Å². The summed E-state index contributed by atoms with van der Waals surface area (Å²) in [6.45, 7) is 5.23. The Morgan fingerprint density at radius 2 is 1.78 bits per heavy atom. The maximum atomic E-state index is 12.3. The van der Waals surface area contributed by atoms with Crippen LogP contribution in [0.5, 0.6) is 0 Å². The number of anilines is 2. The smallest absolute Gasteiger partial charge is 0.274 e. The predicted molar refractivity (Wildman–Crippen MR) is 108 cm³/mol. The van der Waals surface area contributed by atoms with Gasteiger partial charge in [0, 0.05) is 11.8 Å². The summed E-state index contributed by atoms with van der Waals surface area (Å²) in [6.07, 6.45) is 0. The first-order valence-electron chi connectivity index (χ1n) is 8.31. The highest BCUT2D eigenvalue weighted by Crippen LogP contribution is 2.26. The molecule has 1 unspecified atom stereocenters. The molecular weight excluding hydrogens is 366 g/mol. The monoisotopic (exact) mass is 387 g/mol. The lowest BCUT2D eigenvalue weighted by Gasteiger charge is -2.13. The number of nitro benzene ring substituents is 1. The molecule has 2 aromatic carbocycles. The average Bonchev–Trinajstić information content (AvgIpc) is 2.63. The number of rotatable bonds is 7. The maximum Gasteiger partial charge on any atom is 0.274 e. The summed E-state index contributed by atoms with van der Waals surface area (Å²) in [5, 5.41) is 16.0. The lowest BCUT2D eigenvalue weighted by molar-refractivity contribution is -0.385. The zero-order valence-electron chi connectivity index (χ0n) is 15.3. The van der Waals surface area contributed by atoms with E-state index in [0.717, 1.165) is 5.56 Å². The first-order chi connectivity index (χ1) is 12.8. The van der Waals surface area contributed by atoms with Gasteiger partial charge in [0.05, 0.1) is 27.2 Å². The van der Waals surface area contributed by atoms with E-state index in [4.69, 9.17) is 0 Å². The molecule has 1 atom stereocenters. The lowest BCUT2D eigenvalue weighted by Crippen LogP contribution is -2.25. The van der Waals surface area contributed by atoms with Crippen LogP contribution in [0.2, 0.25) is 0 Å². The summed E-state index contributed by atoms with van der Waals surface area (Å²) in [5.41, 5.74) is 2.54. The van der Waals surface area contributed by atoms with Crippen LogP contribution >= 0.6 is 11.8 Å². The highest BCUT2D eigenvalue weighted by molar-refractivity contribution is 8.01. The summed E-state index contributed by atoms with van der Waals surface area (Å²) in [6, 6.07) is 12.0. The summed E-state index contributed by atoms with van der Waals surface area (Å²) in [5.74, 6) is -0.391. The largest absolute Gasteiger partial charge is 0.325 e. The van der Waals surface area contributed by atoms with E-state index in [-0.39, 0.29) is 23.3 Å². The van der Waals surface area contributed by atoms with Crippen LogP contribution in [0.15, 0.2) is 42.5 Å². The van der Waals surface area contributed by atoms with Crippen LogP contribution in [0.25, 0.3) is 0 Å². The van der Waals surface area contributed by atoms with Crippen LogP contribution in [-0.4, -0.2) is 27.7 Å². The minimum absolute atomic E-state index is 0.0504. The van der Waals surface area contributed by atoms with Crippen molar-refractivity contribution in [2.24, 2.45) is 0 Å². The molecule has 0 saturated carbocycles. The Bertz CT molecular complexity index is 853. The molecule has 0 aliphatic heterocycles. The van der Waals surface area contributed by atoms with E-state index in [1.54, 1.807) is 19.9 Å². The zero-order valence-corrected chi connectivity index (χ0v) is 16.1. The third-order valence-electron chi connectivity index (χ3n) is 3.93. The van der Waals surface area contributed by atoms with E-state index in [1.165, 1.54) is 23.9 Å². The van der Waals surface area contributed by atoms with Crippen LogP contribution in [0.3, 0.4) is 0 Å². The van der Waals surface area contributed by atoms with Gasteiger partial charge < -0.3 is 10.6 Å². The molecule has 0 aliphatic carbocycles. The Labute approximate surface area is 161 Å². The van der Waals surface area contributed by atoms with Gasteiger partial charge in [-0.3, -0.25) is 19.7 Å². The second kappa shape index (κ2) is 9.18. The summed E-state index contributed by atoms with van der Waals surface area (Å²) in [4.78, 5) is 34.8. The van der Waals surface area contributed by atoms with Crippen molar-refractivity contribution in [3.05, 3.63) is 63.7 Å². The Morgan fingerprint density at radius 3 is 2.41 bits per heavy atom. The fraction of sp³-hybridized carbons (Fsp3) is 0.263. The number of hydrogen-bond donors (Lipinski definition) is 2. The van der Waals surface area contributed by atoms with Crippen LogP contribution < -0.4 is 10.6 Å². The minimum atomic E-state index is -0.493.